The standard InChI is InChI=1S/C16H20N2O4S/c19-15-8-13(10-18(15)14-6-7-23(21,22)11-14)16(20)17-9-12-4-2-1-3-5-12/h1-5,13-14H,6-11H2,(H,17,20)/t13-,14+/m0/s1. The largest absolute Gasteiger partial charge is 0.352 e. The van der Waals surface area contributed by atoms with E-state index in [2.05, 4.69) is 5.32 Å². The Morgan fingerprint density at radius 1 is 1.26 bits per heavy atom. The lowest BCUT2D eigenvalue weighted by Gasteiger charge is -2.22. The molecule has 7 heteroatoms. The second-order valence-electron chi connectivity index (χ2n) is 6.21. The Labute approximate surface area is 135 Å². The topological polar surface area (TPSA) is 83.6 Å². The first kappa shape index (κ1) is 16.0. The van der Waals surface area contributed by atoms with Gasteiger partial charge in [0.05, 0.1) is 17.4 Å². The summed E-state index contributed by atoms with van der Waals surface area (Å²) >= 11 is 0. The summed E-state index contributed by atoms with van der Waals surface area (Å²) < 4.78 is 23.1. The van der Waals surface area contributed by atoms with Gasteiger partial charge in [0.1, 0.15) is 0 Å². The number of sulfone groups is 1. The van der Waals surface area contributed by atoms with Gasteiger partial charge in [-0.1, -0.05) is 30.3 Å². The molecule has 2 atom stereocenters. The number of carbonyl (C=O) groups is 2. The van der Waals surface area contributed by atoms with Crippen LogP contribution in [-0.2, 0) is 26.0 Å². The lowest BCUT2D eigenvalue weighted by molar-refractivity contribution is -0.130. The zero-order valence-corrected chi connectivity index (χ0v) is 13.6. The fraction of sp³-hybridized carbons (Fsp3) is 0.500. The van der Waals surface area contributed by atoms with Gasteiger partial charge in [-0.05, 0) is 12.0 Å². The fourth-order valence-electron chi connectivity index (χ4n) is 3.21. The first-order chi connectivity index (χ1) is 10.9. The maximum absolute atomic E-state index is 12.2. The molecule has 1 aromatic carbocycles. The van der Waals surface area contributed by atoms with E-state index in [1.807, 2.05) is 30.3 Å². The summed E-state index contributed by atoms with van der Waals surface area (Å²) in [5.41, 5.74) is 1.00. The van der Waals surface area contributed by atoms with Gasteiger partial charge in [-0.25, -0.2) is 8.42 Å². The number of nitrogens with zero attached hydrogens (tertiary/aromatic N) is 1. The van der Waals surface area contributed by atoms with Gasteiger partial charge in [-0.15, -0.1) is 0 Å². The Hall–Kier alpha value is -1.89. The summed E-state index contributed by atoms with van der Waals surface area (Å²) in [6.07, 6.45) is 0.642. The zero-order chi connectivity index (χ0) is 16.4. The molecule has 2 fully saturated rings. The fourth-order valence-corrected chi connectivity index (χ4v) is 4.94. The molecule has 6 nitrogen and oxygen atoms in total. The van der Waals surface area contributed by atoms with Crippen LogP contribution in [0.2, 0.25) is 0 Å². The Kier molecular flexibility index (Phi) is 4.39. The highest BCUT2D eigenvalue weighted by atomic mass is 32.2. The molecule has 0 aliphatic carbocycles. The molecule has 0 radical (unpaired) electrons. The molecule has 124 valence electrons. The summed E-state index contributed by atoms with van der Waals surface area (Å²) in [5.74, 6) is -0.504. The van der Waals surface area contributed by atoms with Gasteiger partial charge < -0.3 is 10.2 Å². The normalized spacial score (nSPS) is 26.4. The molecule has 0 bridgehead atoms. The van der Waals surface area contributed by atoms with Crippen molar-refractivity contribution in [2.75, 3.05) is 18.1 Å². The van der Waals surface area contributed by atoms with E-state index in [9.17, 15) is 18.0 Å². The molecule has 0 unspecified atom stereocenters. The minimum absolute atomic E-state index is 0.0249. The SMILES string of the molecule is O=C(NCc1ccccc1)[C@H]1CC(=O)N([C@@H]2CCS(=O)(=O)C2)C1. The molecular weight excluding hydrogens is 316 g/mol. The quantitative estimate of drug-likeness (QED) is 0.859. The van der Waals surface area contributed by atoms with Gasteiger partial charge in [0.25, 0.3) is 0 Å². The van der Waals surface area contributed by atoms with Crippen LogP contribution in [0, 0.1) is 5.92 Å². The lowest BCUT2D eigenvalue weighted by atomic mass is 10.1. The van der Waals surface area contributed by atoms with Crippen molar-refractivity contribution in [3.05, 3.63) is 35.9 Å². The number of amides is 2. The second kappa shape index (κ2) is 6.31. The van der Waals surface area contributed by atoms with E-state index >= 15 is 0 Å². The van der Waals surface area contributed by atoms with Crippen LogP contribution in [0.3, 0.4) is 0 Å². The van der Waals surface area contributed by atoms with Gasteiger partial charge in [0.2, 0.25) is 11.8 Å². The Balaban J connectivity index is 1.56. The molecule has 2 heterocycles. The van der Waals surface area contributed by atoms with Crippen molar-refractivity contribution < 1.29 is 18.0 Å². The summed E-state index contributed by atoms with van der Waals surface area (Å²) in [6, 6.07) is 9.31. The third-order valence-electron chi connectivity index (χ3n) is 4.49. The van der Waals surface area contributed by atoms with Crippen molar-refractivity contribution in [3.8, 4) is 0 Å². The molecular formula is C16H20N2O4S. The maximum Gasteiger partial charge on any atom is 0.225 e. The molecule has 0 spiro atoms. The van der Waals surface area contributed by atoms with Crippen molar-refractivity contribution in [3.63, 3.8) is 0 Å². The number of nitrogens with one attached hydrogen (secondary N) is 1. The Morgan fingerprint density at radius 3 is 2.65 bits per heavy atom. The van der Waals surface area contributed by atoms with Crippen molar-refractivity contribution in [1.82, 2.24) is 10.2 Å². The molecule has 2 aliphatic rings. The van der Waals surface area contributed by atoms with Crippen LogP contribution in [0.5, 0.6) is 0 Å². The highest BCUT2D eigenvalue weighted by molar-refractivity contribution is 7.91. The molecule has 3 rings (SSSR count). The average Bonchev–Trinajstić information content (AvgIpc) is 3.08. The van der Waals surface area contributed by atoms with Crippen molar-refractivity contribution in [2.45, 2.75) is 25.4 Å². The monoisotopic (exact) mass is 336 g/mol. The van der Waals surface area contributed by atoms with Crippen molar-refractivity contribution >= 4 is 21.7 Å². The predicted octanol–water partition coefficient (Wildman–Crippen LogP) is 0.338. The van der Waals surface area contributed by atoms with E-state index in [1.165, 1.54) is 0 Å². The highest BCUT2D eigenvalue weighted by Crippen LogP contribution is 2.26. The van der Waals surface area contributed by atoms with E-state index in [4.69, 9.17) is 0 Å². The van der Waals surface area contributed by atoms with Gasteiger partial charge in [0, 0.05) is 25.6 Å². The van der Waals surface area contributed by atoms with E-state index in [0.717, 1.165) is 5.56 Å². The molecule has 0 aromatic heterocycles. The van der Waals surface area contributed by atoms with Crippen LogP contribution >= 0.6 is 0 Å². The van der Waals surface area contributed by atoms with Crippen molar-refractivity contribution in [2.24, 2.45) is 5.92 Å². The second-order valence-corrected chi connectivity index (χ2v) is 8.44. The van der Waals surface area contributed by atoms with E-state index in [1.54, 1.807) is 4.90 Å². The van der Waals surface area contributed by atoms with E-state index < -0.39 is 15.8 Å². The predicted molar refractivity (Wildman–Crippen MR) is 85.2 cm³/mol. The van der Waals surface area contributed by atoms with Crippen LogP contribution in [0.4, 0.5) is 0 Å². The summed E-state index contributed by atoms with van der Waals surface area (Å²) in [7, 11) is -3.03. The van der Waals surface area contributed by atoms with E-state index in [-0.39, 0.29) is 35.8 Å². The number of benzene rings is 1. The maximum atomic E-state index is 12.2. The number of hydrogen-bond acceptors (Lipinski definition) is 4. The highest BCUT2D eigenvalue weighted by Gasteiger charge is 2.41. The number of likely N-dealkylation sites (tertiary alicyclic amines) is 1. The third kappa shape index (κ3) is 3.72. The average molecular weight is 336 g/mol. The molecule has 2 saturated heterocycles. The third-order valence-corrected chi connectivity index (χ3v) is 6.24. The summed E-state index contributed by atoms with van der Waals surface area (Å²) in [5, 5.41) is 2.85. The van der Waals surface area contributed by atoms with Gasteiger partial charge in [-0.3, -0.25) is 9.59 Å². The Bertz CT molecular complexity index is 702. The van der Waals surface area contributed by atoms with Gasteiger partial charge >= 0.3 is 0 Å². The lowest BCUT2D eigenvalue weighted by Crippen LogP contribution is -2.39. The Morgan fingerprint density at radius 2 is 2.00 bits per heavy atom. The van der Waals surface area contributed by atoms with Crippen LogP contribution in [0.15, 0.2) is 30.3 Å². The first-order valence-electron chi connectivity index (χ1n) is 7.76. The molecule has 2 aliphatic heterocycles. The minimum Gasteiger partial charge on any atom is -0.352 e. The van der Waals surface area contributed by atoms with Gasteiger partial charge in [0.15, 0.2) is 9.84 Å². The summed E-state index contributed by atoms with van der Waals surface area (Å²) in [4.78, 5) is 25.9. The molecule has 2 amide bonds. The number of rotatable bonds is 4. The molecule has 1 N–H and O–H groups in total. The first-order valence-corrected chi connectivity index (χ1v) is 9.58. The van der Waals surface area contributed by atoms with Crippen LogP contribution < -0.4 is 5.32 Å². The zero-order valence-electron chi connectivity index (χ0n) is 12.8. The van der Waals surface area contributed by atoms with Gasteiger partial charge in [-0.2, -0.15) is 0 Å². The summed E-state index contributed by atoms with van der Waals surface area (Å²) in [6.45, 7) is 0.752. The van der Waals surface area contributed by atoms with Crippen LogP contribution in [0.25, 0.3) is 0 Å². The number of carbonyl (C=O) groups excluding carboxylic acids is 2. The molecule has 0 saturated carbocycles. The number of hydrogen-bond donors (Lipinski definition) is 1. The van der Waals surface area contributed by atoms with Crippen LogP contribution in [-0.4, -0.2) is 49.2 Å². The van der Waals surface area contributed by atoms with Crippen molar-refractivity contribution in [1.29, 1.82) is 0 Å². The molecule has 23 heavy (non-hydrogen) atoms. The van der Waals surface area contributed by atoms with Crippen LogP contribution in [0.1, 0.15) is 18.4 Å². The van der Waals surface area contributed by atoms with E-state index in [0.29, 0.717) is 19.5 Å². The smallest absolute Gasteiger partial charge is 0.225 e. The minimum atomic E-state index is -3.03. The molecule has 1 aromatic rings.